The Morgan fingerprint density at radius 3 is 2.80 bits per heavy atom. The summed E-state index contributed by atoms with van der Waals surface area (Å²) in [5.74, 6) is -0.427. The van der Waals surface area contributed by atoms with E-state index in [0.717, 1.165) is 0 Å². The third kappa shape index (κ3) is 2.33. The van der Waals surface area contributed by atoms with Crippen LogP contribution < -0.4 is 0 Å². The molecule has 5 heteroatoms. The summed E-state index contributed by atoms with van der Waals surface area (Å²) in [5.41, 5.74) is 1.54. The molecule has 1 aromatic rings. The number of ether oxygens (including phenoxy) is 1. The maximum absolute atomic E-state index is 11.4. The molecule has 0 amide bonds. The summed E-state index contributed by atoms with van der Waals surface area (Å²) in [5, 5.41) is 9.24. The molecule has 15 heavy (non-hydrogen) atoms. The van der Waals surface area contributed by atoms with Gasteiger partial charge in [-0.2, -0.15) is 5.26 Å². The summed E-state index contributed by atoms with van der Waals surface area (Å²) in [6.45, 7) is 0. The second-order valence-electron chi connectivity index (χ2n) is 2.72. The largest absolute Gasteiger partial charge is 0.465 e. The van der Waals surface area contributed by atoms with Crippen molar-refractivity contribution in [3.05, 3.63) is 28.8 Å². The Morgan fingerprint density at radius 1 is 1.67 bits per heavy atom. The Bertz CT molecular complexity index is 440. The number of nitrogens with zero attached hydrogens (tertiary/aromatic N) is 1. The van der Waals surface area contributed by atoms with Gasteiger partial charge in [-0.1, -0.05) is 15.9 Å². The molecule has 0 bridgehead atoms. The van der Waals surface area contributed by atoms with Gasteiger partial charge in [0, 0.05) is 10.2 Å². The predicted molar refractivity (Wildman–Crippen MR) is 62.4 cm³/mol. The molecule has 0 fully saturated rings. The maximum Gasteiger partial charge on any atom is 0.338 e. The van der Waals surface area contributed by atoms with Crippen LogP contribution in [0, 0.1) is 11.3 Å². The van der Waals surface area contributed by atoms with Crippen molar-refractivity contribution in [2.24, 2.45) is 0 Å². The van der Waals surface area contributed by atoms with E-state index in [-0.39, 0.29) is 0 Å². The van der Waals surface area contributed by atoms with Gasteiger partial charge in [0.2, 0.25) is 0 Å². The SMILES string of the molecule is COC(=O)c1ccc(C#N)c(S)c1CBr. The highest BCUT2D eigenvalue weighted by molar-refractivity contribution is 9.08. The highest BCUT2D eigenvalue weighted by Crippen LogP contribution is 2.25. The zero-order valence-corrected chi connectivity index (χ0v) is 10.4. The lowest BCUT2D eigenvalue weighted by Gasteiger charge is -2.08. The van der Waals surface area contributed by atoms with Crippen molar-refractivity contribution >= 4 is 34.5 Å². The number of carbonyl (C=O) groups excluding carboxylic acids is 1. The first-order chi connectivity index (χ1) is 7.15. The Balaban J connectivity index is 3.39. The van der Waals surface area contributed by atoms with Gasteiger partial charge in [0.25, 0.3) is 0 Å². The first-order valence-electron chi connectivity index (χ1n) is 4.05. The number of alkyl halides is 1. The van der Waals surface area contributed by atoms with Gasteiger partial charge >= 0.3 is 5.97 Å². The number of esters is 1. The average molecular weight is 286 g/mol. The van der Waals surface area contributed by atoms with E-state index in [1.807, 2.05) is 6.07 Å². The van der Waals surface area contributed by atoms with Crippen LogP contribution >= 0.6 is 28.6 Å². The normalized spacial score (nSPS) is 9.47. The molecule has 3 nitrogen and oxygen atoms in total. The molecule has 0 N–H and O–H groups in total. The van der Waals surface area contributed by atoms with Gasteiger partial charge in [-0.3, -0.25) is 0 Å². The molecule has 1 rings (SSSR count). The van der Waals surface area contributed by atoms with E-state index >= 15 is 0 Å². The number of hydrogen-bond donors (Lipinski definition) is 1. The molecular weight excluding hydrogens is 278 g/mol. The first kappa shape index (κ1) is 12.1. The van der Waals surface area contributed by atoms with Crippen molar-refractivity contribution < 1.29 is 9.53 Å². The summed E-state index contributed by atoms with van der Waals surface area (Å²) < 4.78 is 4.63. The van der Waals surface area contributed by atoms with Crippen LogP contribution in [0.3, 0.4) is 0 Å². The zero-order valence-electron chi connectivity index (χ0n) is 7.95. The Labute approximate surface area is 102 Å². The van der Waals surface area contributed by atoms with Crippen molar-refractivity contribution in [2.45, 2.75) is 10.2 Å². The number of hydrogen-bond acceptors (Lipinski definition) is 4. The van der Waals surface area contributed by atoms with E-state index in [1.165, 1.54) is 7.11 Å². The van der Waals surface area contributed by atoms with Gasteiger partial charge in [0.1, 0.15) is 6.07 Å². The van der Waals surface area contributed by atoms with Crippen molar-refractivity contribution in [2.75, 3.05) is 7.11 Å². The van der Waals surface area contributed by atoms with Crippen LogP contribution in [0.15, 0.2) is 17.0 Å². The lowest BCUT2D eigenvalue weighted by Crippen LogP contribution is -2.06. The number of thiol groups is 1. The molecule has 0 aliphatic carbocycles. The van der Waals surface area contributed by atoms with Crippen molar-refractivity contribution in [1.29, 1.82) is 5.26 Å². The molecule has 0 heterocycles. The molecular formula is C10H8BrNO2S. The summed E-state index contributed by atoms with van der Waals surface area (Å²) in [7, 11) is 1.32. The number of benzene rings is 1. The van der Waals surface area contributed by atoms with Crippen LogP contribution in [-0.4, -0.2) is 13.1 Å². The molecule has 0 aliphatic rings. The molecule has 0 radical (unpaired) electrons. The van der Waals surface area contributed by atoms with Gasteiger partial charge in [0.05, 0.1) is 18.2 Å². The van der Waals surface area contributed by atoms with E-state index in [4.69, 9.17) is 5.26 Å². The number of methoxy groups -OCH3 is 1. The fraction of sp³-hybridized carbons (Fsp3) is 0.200. The minimum Gasteiger partial charge on any atom is -0.465 e. The average Bonchev–Trinajstić information content (AvgIpc) is 2.27. The molecule has 0 aromatic heterocycles. The fourth-order valence-electron chi connectivity index (χ4n) is 1.16. The first-order valence-corrected chi connectivity index (χ1v) is 5.61. The molecule has 0 aliphatic heterocycles. The fourth-order valence-corrected chi connectivity index (χ4v) is 2.29. The van der Waals surface area contributed by atoms with Gasteiger partial charge in [-0.15, -0.1) is 12.6 Å². The smallest absolute Gasteiger partial charge is 0.338 e. The summed E-state index contributed by atoms with van der Waals surface area (Å²) in [6.07, 6.45) is 0. The number of nitriles is 1. The van der Waals surface area contributed by atoms with Crippen molar-refractivity contribution in [1.82, 2.24) is 0 Å². The lowest BCUT2D eigenvalue weighted by molar-refractivity contribution is 0.0599. The van der Waals surface area contributed by atoms with Crippen molar-refractivity contribution in [3.63, 3.8) is 0 Å². The number of rotatable bonds is 2. The van der Waals surface area contributed by atoms with Crippen LogP contribution in [0.2, 0.25) is 0 Å². The van der Waals surface area contributed by atoms with Gasteiger partial charge in [0.15, 0.2) is 0 Å². The van der Waals surface area contributed by atoms with Crippen LogP contribution in [0.5, 0.6) is 0 Å². The van der Waals surface area contributed by atoms with Gasteiger partial charge in [-0.05, 0) is 17.7 Å². The van der Waals surface area contributed by atoms with Crippen molar-refractivity contribution in [3.8, 4) is 6.07 Å². The van der Waals surface area contributed by atoms with E-state index < -0.39 is 5.97 Å². The molecule has 78 valence electrons. The molecule has 0 atom stereocenters. The molecule has 0 saturated carbocycles. The Morgan fingerprint density at radius 2 is 2.33 bits per heavy atom. The van der Waals surface area contributed by atoms with Crippen LogP contribution in [0.4, 0.5) is 0 Å². The summed E-state index contributed by atoms with van der Waals surface area (Å²) in [4.78, 5) is 11.9. The maximum atomic E-state index is 11.4. The quantitative estimate of drug-likeness (QED) is 0.516. The topological polar surface area (TPSA) is 50.1 Å². The van der Waals surface area contributed by atoms with Crippen LogP contribution in [0.1, 0.15) is 21.5 Å². The minimum atomic E-state index is -0.427. The van der Waals surface area contributed by atoms with Crippen LogP contribution in [-0.2, 0) is 10.1 Å². The third-order valence-corrected chi connectivity index (χ3v) is 3.01. The van der Waals surface area contributed by atoms with E-state index in [0.29, 0.717) is 26.9 Å². The zero-order chi connectivity index (χ0) is 11.4. The van der Waals surface area contributed by atoms with Crippen LogP contribution in [0.25, 0.3) is 0 Å². The second kappa shape index (κ2) is 5.19. The standard InChI is InChI=1S/C10H8BrNO2S/c1-14-10(13)7-3-2-6(5-12)9(15)8(7)4-11/h2-3,15H,4H2,1H3. The molecule has 0 saturated heterocycles. The van der Waals surface area contributed by atoms with Gasteiger partial charge in [-0.25, -0.2) is 4.79 Å². The molecule has 0 unspecified atom stereocenters. The Hall–Kier alpha value is -0.990. The molecule has 1 aromatic carbocycles. The summed E-state index contributed by atoms with van der Waals surface area (Å²) >= 11 is 7.47. The Kier molecular flexibility index (Phi) is 4.18. The van der Waals surface area contributed by atoms with E-state index in [9.17, 15) is 4.79 Å². The lowest BCUT2D eigenvalue weighted by atomic mass is 10.1. The van der Waals surface area contributed by atoms with E-state index in [2.05, 4.69) is 33.3 Å². The second-order valence-corrected chi connectivity index (χ2v) is 3.73. The minimum absolute atomic E-state index is 0.427. The highest BCUT2D eigenvalue weighted by atomic mass is 79.9. The third-order valence-electron chi connectivity index (χ3n) is 1.94. The summed E-state index contributed by atoms with van der Waals surface area (Å²) in [6, 6.07) is 5.13. The predicted octanol–water partition coefficient (Wildman–Crippen LogP) is 2.53. The molecule has 0 spiro atoms. The monoisotopic (exact) mass is 285 g/mol. The highest BCUT2D eigenvalue weighted by Gasteiger charge is 2.15. The number of carbonyl (C=O) groups is 1. The van der Waals surface area contributed by atoms with Gasteiger partial charge < -0.3 is 4.74 Å². The van der Waals surface area contributed by atoms with E-state index in [1.54, 1.807) is 12.1 Å². The number of halogens is 1.